The van der Waals surface area contributed by atoms with Crippen molar-refractivity contribution in [2.24, 2.45) is 13.0 Å². The first-order chi connectivity index (χ1) is 29.4. The van der Waals surface area contributed by atoms with Gasteiger partial charge in [0.15, 0.2) is 11.3 Å². The van der Waals surface area contributed by atoms with E-state index in [-0.39, 0.29) is 47.8 Å². The third-order valence-corrected chi connectivity index (χ3v) is 13.1. The largest absolute Gasteiger partial charge is 0.375 e. The number of ether oxygens (including phenoxy) is 1. The SMILES string of the molecule is C[C@@H]1CN(c2ccn3ncc(C(=O)Nc4cn(C5CCC(CN(C)C6CCN(c7cccc8c7n(C)c(=O)n8C7CCC(=O)NC7=O)CC6)CC5)nc4C(F)F)c3n2)CCO1. The number of rotatable bonds is 10. The third kappa shape index (κ3) is 7.88. The molecule has 0 bridgehead atoms. The van der Waals surface area contributed by atoms with Crippen LogP contribution < -0.4 is 26.1 Å². The van der Waals surface area contributed by atoms with Crippen LogP contribution in [-0.2, 0) is 21.4 Å². The fraction of sp³-hybridized carbons (Fsp3) is 0.548. The first kappa shape index (κ1) is 40.7. The summed E-state index contributed by atoms with van der Waals surface area (Å²) in [5.41, 5.74) is 2.18. The monoisotopic (exact) mass is 842 g/mol. The molecule has 4 fully saturated rings. The first-order valence-electron chi connectivity index (χ1n) is 21.3. The lowest BCUT2D eigenvalue weighted by atomic mass is 9.85. The summed E-state index contributed by atoms with van der Waals surface area (Å²) in [5, 5.41) is 13.6. The molecule has 4 aromatic heterocycles. The summed E-state index contributed by atoms with van der Waals surface area (Å²) in [6.07, 6.45) is 7.64. The van der Waals surface area contributed by atoms with Gasteiger partial charge in [0.1, 0.15) is 17.4 Å². The molecule has 1 aromatic carbocycles. The second-order valence-corrected chi connectivity index (χ2v) is 17.1. The van der Waals surface area contributed by atoms with Crippen molar-refractivity contribution in [1.82, 2.24) is 43.7 Å². The van der Waals surface area contributed by atoms with Gasteiger partial charge in [-0.15, -0.1) is 0 Å². The minimum atomic E-state index is -2.87. The van der Waals surface area contributed by atoms with Crippen LogP contribution in [0.25, 0.3) is 16.7 Å². The molecule has 2 atom stereocenters. The lowest BCUT2D eigenvalue weighted by molar-refractivity contribution is -0.135. The number of halogens is 2. The molecule has 0 radical (unpaired) electrons. The zero-order chi connectivity index (χ0) is 42.5. The second-order valence-electron chi connectivity index (χ2n) is 17.1. The second kappa shape index (κ2) is 16.6. The van der Waals surface area contributed by atoms with Gasteiger partial charge in [0.25, 0.3) is 12.3 Å². The van der Waals surface area contributed by atoms with Crippen LogP contribution in [0, 0.1) is 5.92 Å². The molecule has 9 rings (SSSR count). The zero-order valence-electron chi connectivity index (χ0n) is 34.7. The van der Waals surface area contributed by atoms with Gasteiger partial charge < -0.3 is 24.8 Å². The average molecular weight is 843 g/mol. The fourth-order valence-corrected chi connectivity index (χ4v) is 9.86. The number of imidazole rings is 1. The first-order valence-corrected chi connectivity index (χ1v) is 21.3. The number of fused-ring (bicyclic) bond motifs is 2. The van der Waals surface area contributed by atoms with Crippen molar-refractivity contribution in [1.29, 1.82) is 0 Å². The van der Waals surface area contributed by atoms with Gasteiger partial charge in [-0.1, -0.05) is 6.07 Å². The van der Waals surface area contributed by atoms with Crippen LogP contribution in [0.1, 0.15) is 92.9 Å². The number of piperidine rings is 2. The molecule has 1 saturated carbocycles. The quantitative estimate of drug-likeness (QED) is 0.192. The van der Waals surface area contributed by atoms with E-state index >= 15 is 0 Å². The summed E-state index contributed by atoms with van der Waals surface area (Å²) in [7, 11) is 3.91. The molecule has 3 aliphatic heterocycles. The van der Waals surface area contributed by atoms with E-state index in [2.05, 4.69) is 42.6 Å². The average Bonchev–Trinajstić information content (AvgIpc) is 3.95. The summed E-state index contributed by atoms with van der Waals surface area (Å²) in [6, 6.07) is 7.24. The van der Waals surface area contributed by atoms with E-state index in [1.54, 1.807) is 22.5 Å². The molecule has 2 N–H and O–H groups in total. The van der Waals surface area contributed by atoms with Crippen LogP contribution >= 0.6 is 0 Å². The Balaban J connectivity index is 0.801. The number of hydrogen-bond donors (Lipinski definition) is 2. The number of carbonyl (C=O) groups is 3. The number of nitrogens with zero attached hydrogens (tertiary/aromatic N) is 10. The van der Waals surface area contributed by atoms with Gasteiger partial charge in [-0.3, -0.25) is 33.5 Å². The molecule has 1 aliphatic carbocycles. The van der Waals surface area contributed by atoms with E-state index in [1.165, 1.54) is 21.5 Å². The summed E-state index contributed by atoms with van der Waals surface area (Å²) >= 11 is 0. The van der Waals surface area contributed by atoms with Gasteiger partial charge in [-0.2, -0.15) is 10.2 Å². The number of nitrogens with one attached hydrogen (secondary N) is 2. The standard InChI is InChI=1S/C42H52F2N12O5/c1-25-22-53(19-20-61-25)34-15-18-54-39(47-34)29(21-45-54)40(58)46-30-24-55(49-36(30)38(43)44)28-9-7-26(8-10-28)23-50(2)27-13-16-52(17-14-27)31-5-4-6-32-37(31)51(3)42(60)56(32)33-11-12-35(57)48-41(33)59/h4-6,15,18,21,24-28,33,38H,7-14,16-17,19-20,22-23H2,1-3H3,(H,46,58)(H,48,57,59)/t25-,26?,28?,33?/m1/s1. The van der Waals surface area contributed by atoms with Gasteiger partial charge in [-0.05, 0) is 83.0 Å². The number of carbonyl (C=O) groups excluding carboxylic acids is 3. The van der Waals surface area contributed by atoms with Gasteiger partial charge in [-0.25, -0.2) is 23.1 Å². The van der Waals surface area contributed by atoms with Gasteiger partial charge >= 0.3 is 5.69 Å². The predicted octanol–water partition coefficient (Wildman–Crippen LogP) is 4.30. The molecule has 0 spiro atoms. The van der Waals surface area contributed by atoms with E-state index in [0.717, 1.165) is 69.4 Å². The van der Waals surface area contributed by atoms with Crippen LogP contribution in [0.4, 0.5) is 26.0 Å². The van der Waals surface area contributed by atoms with Crippen LogP contribution in [0.5, 0.6) is 0 Å². The lowest BCUT2D eigenvalue weighted by Gasteiger charge is -2.40. The zero-order valence-corrected chi connectivity index (χ0v) is 34.7. The highest BCUT2D eigenvalue weighted by molar-refractivity contribution is 6.08. The Labute approximate surface area is 350 Å². The molecule has 17 nitrogen and oxygen atoms in total. The lowest BCUT2D eigenvalue weighted by Crippen LogP contribution is -2.45. The van der Waals surface area contributed by atoms with Crippen LogP contribution in [-0.4, -0.2) is 115 Å². The summed E-state index contributed by atoms with van der Waals surface area (Å²) in [4.78, 5) is 63.1. The van der Waals surface area contributed by atoms with E-state index in [4.69, 9.17) is 9.72 Å². The number of para-hydroxylation sites is 1. The maximum absolute atomic E-state index is 14.3. The molecule has 3 saturated heterocycles. The van der Waals surface area contributed by atoms with Crippen molar-refractivity contribution < 1.29 is 27.9 Å². The Morgan fingerprint density at radius 2 is 1.82 bits per heavy atom. The van der Waals surface area contributed by atoms with Crippen LogP contribution in [0.3, 0.4) is 0 Å². The molecule has 19 heteroatoms. The number of anilines is 3. The van der Waals surface area contributed by atoms with E-state index < -0.39 is 30.0 Å². The molecule has 1 unspecified atom stereocenters. The normalized spacial score (nSPS) is 23.1. The number of amides is 3. The maximum Gasteiger partial charge on any atom is 0.329 e. The predicted molar refractivity (Wildman–Crippen MR) is 223 cm³/mol. The van der Waals surface area contributed by atoms with Crippen molar-refractivity contribution in [2.45, 2.75) is 88.9 Å². The van der Waals surface area contributed by atoms with Gasteiger partial charge in [0, 0.05) is 64.6 Å². The van der Waals surface area contributed by atoms with Gasteiger partial charge in [0.2, 0.25) is 11.8 Å². The molecule has 4 aliphatic rings. The fourth-order valence-electron chi connectivity index (χ4n) is 9.86. The number of aromatic nitrogens is 7. The molecule has 3 amide bonds. The van der Waals surface area contributed by atoms with Crippen molar-refractivity contribution in [2.75, 3.05) is 61.5 Å². The minimum Gasteiger partial charge on any atom is -0.375 e. The van der Waals surface area contributed by atoms with E-state index in [9.17, 15) is 28.0 Å². The number of imide groups is 1. The number of morpholine rings is 1. The maximum atomic E-state index is 14.3. The number of benzene rings is 1. The Kier molecular flexibility index (Phi) is 11.1. The number of aryl methyl sites for hydroxylation is 1. The number of hydrogen-bond acceptors (Lipinski definition) is 11. The van der Waals surface area contributed by atoms with Crippen molar-refractivity contribution in [3.05, 3.63) is 64.6 Å². The molecular formula is C42H52F2N12O5. The topological polar surface area (TPSA) is 169 Å². The molecule has 324 valence electrons. The Hall–Kier alpha value is -5.69. The minimum absolute atomic E-state index is 0.0175. The highest BCUT2D eigenvalue weighted by atomic mass is 19.3. The third-order valence-electron chi connectivity index (χ3n) is 13.1. The summed E-state index contributed by atoms with van der Waals surface area (Å²) in [6.45, 7) is 6.44. The highest BCUT2D eigenvalue weighted by Crippen LogP contribution is 2.37. The molecule has 7 heterocycles. The van der Waals surface area contributed by atoms with Gasteiger partial charge in [0.05, 0.1) is 47.4 Å². The van der Waals surface area contributed by atoms with Crippen LogP contribution in [0.15, 0.2) is 47.7 Å². The molecule has 5 aromatic rings. The Bertz CT molecular complexity index is 2510. The van der Waals surface area contributed by atoms with Crippen molar-refractivity contribution >= 4 is 51.6 Å². The number of alkyl halides is 2. The molecule has 61 heavy (non-hydrogen) atoms. The Morgan fingerprint density at radius 1 is 1.03 bits per heavy atom. The van der Waals surface area contributed by atoms with E-state index in [0.29, 0.717) is 48.6 Å². The molecular weight excluding hydrogens is 791 g/mol. The van der Waals surface area contributed by atoms with E-state index in [1.807, 2.05) is 31.2 Å². The van der Waals surface area contributed by atoms with Crippen LogP contribution in [0.2, 0.25) is 0 Å². The summed E-state index contributed by atoms with van der Waals surface area (Å²) < 4.78 is 40.6. The smallest absolute Gasteiger partial charge is 0.329 e. The Morgan fingerprint density at radius 3 is 2.56 bits per heavy atom. The van der Waals surface area contributed by atoms with Crippen molar-refractivity contribution in [3.63, 3.8) is 0 Å². The summed E-state index contributed by atoms with van der Waals surface area (Å²) in [5.74, 6) is -0.209. The van der Waals surface area contributed by atoms with Crippen molar-refractivity contribution in [3.8, 4) is 0 Å². The highest BCUT2D eigenvalue weighted by Gasteiger charge is 2.34.